The number of carbonyl (C=O) groups excluding carboxylic acids is 1. The highest BCUT2D eigenvalue weighted by Crippen LogP contribution is 2.39. The molecule has 0 radical (unpaired) electrons. The smallest absolute Gasteiger partial charge is 0.228 e. The van der Waals surface area contributed by atoms with E-state index in [1.54, 1.807) is 11.8 Å². The van der Waals surface area contributed by atoms with Gasteiger partial charge in [-0.3, -0.25) is 4.79 Å². The van der Waals surface area contributed by atoms with Crippen molar-refractivity contribution in [2.75, 3.05) is 12.3 Å². The molecule has 102 valence electrons. The monoisotopic (exact) mass is 295 g/mol. The maximum absolute atomic E-state index is 12.3. The number of thioether (sulfide) groups is 1. The Kier molecular flexibility index (Phi) is 4.04. The topological polar surface area (TPSA) is 29.1 Å². The highest BCUT2D eigenvalue weighted by Gasteiger charge is 2.30. The third-order valence-corrected chi connectivity index (χ3v) is 5.64. The molecule has 1 amide bonds. The van der Waals surface area contributed by atoms with Crippen molar-refractivity contribution < 1.29 is 4.79 Å². The molecule has 0 spiro atoms. The van der Waals surface area contributed by atoms with E-state index in [4.69, 9.17) is 11.6 Å². The summed E-state index contributed by atoms with van der Waals surface area (Å²) in [6.07, 6.45) is 3.27. The number of amides is 1. The van der Waals surface area contributed by atoms with Gasteiger partial charge in [0.2, 0.25) is 5.91 Å². The lowest BCUT2D eigenvalue weighted by molar-refractivity contribution is -0.122. The summed E-state index contributed by atoms with van der Waals surface area (Å²) in [6, 6.07) is 8.22. The van der Waals surface area contributed by atoms with Crippen LogP contribution in [0.4, 0.5) is 0 Å². The van der Waals surface area contributed by atoms with Gasteiger partial charge in [-0.2, -0.15) is 0 Å². The minimum Gasteiger partial charge on any atom is -0.355 e. The van der Waals surface area contributed by atoms with Crippen LogP contribution in [0.3, 0.4) is 0 Å². The summed E-state index contributed by atoms with van der Waals surface area (Å²) in [5.41, 5.74) is 1.19. The molecule has 1 fully saturated rings. The molecule has 0 saturated heterocycles. The van der Waals surface area contributed by atoms with Crippen molar-refractivity contribution in [1.29, 1.82) is 0 Å². The Labute approximate surface area is 123 Å². The van der Waals surface area contributed by atoms with Crippen LogP contribution >= 0.6 is 23.4 Å². The molecule has 1 aliphatic heterocycles. The minimum atomic E-state index is 0.0226. The van der Waals surface area contributed by atoms with Crippen molar-refractivity contribution in [2.24, 2.45) is 5.92 Å². The highest BCUT2D eigenvalue weighted by molar-refractivity contribution is 7.99. The molecule has 3 rings (SSSR count). The second kappa shape index (κ2) is 5.76. The Morgan fingerprint density at radius 1 is 1.37 bits per heavy atom. The van der Waals surface area contributed by atoms with Gasteiger partial charge in [-0.1, -0.05) is 18.2 Å². The van der Waals surface area contributed by atoms with Crippen LogP contribution in [0.5, 0.6) is 0 Å². The molecule has 2 aliphatic rings. The zero-order valence-corrected chi connectivity index (χ0v) is 12.3. The van der Waals surface area contributed by atoms with Gasteiger partial charge in [-0.05, 0) is 36.8 Å². The quantitative estimate of drug-likeness (QED) is 0.866. The Hall–Kier alpha value is -0.670. The lowest BCUT2D eigenvalue weighted by Crippen LogP contribution is -2.33. The number of nitrogens with one attached hydrogen (secondary N) is 1. The molecule has 1 aliphatic carbocycles. The first-order valence-corrected chi connectivity index (χ1v) is 8.29. The predicted molar refractivity (Wildman–Crippen MR) is 79.9 cm³/mol. The van der Waals surface area contributed by atoms with E-state index in [-0.39, 0.29) is 11.8 Å². The molecule has 19 heavy (non-hydrogen) atoms. The van der Waals surface area contributed by atoms with Crippen LogP contribution in [0.2, 0.25) is 0 Å². The summed E-state index contributed by atoms with van der Waals surface area (Å²) in [5.74, 6) is 1.63. The second-order valence-corrected chi connectivity index (χ2v) is 7.10. The number of alkyl halides is 1. The molecule has 4 heteroatoms. The van der Waals surface area contributed by atoms with Gasteiger partial charge in [-0.15, -0.1) is 23.4 Å². The largest absolute Gasteiger partial charge is 0.355 e. The molecular weight excluding hydrogens is 278 g/mol. The predicted octanol–water partition coefficient (Wildman–Crippen LogP) is 3.40. The van der Waals surface area contributed by atoms with Gasteiger partial charge in [0.1, 0.15) is 0 Å². The lowest BCUT2D eigenvalue weighted by Gasteiger charge is -2.14. The summed E-state index contributed by atoms with van der Waals surface area (Å²) in [7, 11) is 0. The molecule has 3 unspecified atom stereocenters. The SMILES string of the molecule is O=C(NCC1CCC(Cl)C1)C1CSc2ccccc21. The minimum absolute atomic E-state index is 0.0226. The number of hydrogen-bond acceptors (Lipinski definition) is 2. The number of benzene rings is 1. The van der Waals surface area contributed by atoms with Crippen molar-refractivity contribution in [2.45, 2.75) is 35.5 Å². The van der Waals surface area contributed by atoms with E-state index in [0.717, 1.165) is 31.6 Å². The van der Waals surface area contributed by atoms with Gasteiger partial charge >= 0.3 is 0 Å². The fourth-order valence-electron chi connectivity index (χ4n) is 2.95. The van der Waals surface area contributed by atoms with Crippen LogP contribution < -0.4 is 5.32 Å². The first-order valence-electron chi connectivity index (χ1n) is 6.87. The molecule has 3 atom stereocenters. The first kappa shape index (κ1) is 13.3. The number of hydrogen-bond donors (Lipinski definition) is 1. The summed E-state index contributed by atoms with van der Waals surface area (Å²) < 4.78 is 0. The van der Waals surface area contributed by atoms with Crippen LogP contribution in [0.1, 0.15) is 30.7 Å². The number of fused-ring (bicyclic) bond motifs is 1. The number of rotatable bonds is 3. The van der Waals surface area contributed by atoms with E-state index in [2.05, 4.69) is 17.4 Å². The maximum atomic E-state index is 12.3. The Balaban J connectivity index is 1.57. The molecule has 2 nitrogen and oxygen atoms in total. The van der Waals surface area contributed by atoms with Gasteiger partial charge in [0.25, 0.3) is 0 Å². The van der Waals surface area contributed by atoms with E-state index in [1.807, 2.05) is 12.1 Å². The molecule has 1 aromatic carbocycles. The van der Waals surface area contributed by atoms with Gasteiger partial charge in [0.15, 0.2) is 0 Å². The Bertz CT molecular complexity index is 479. The molecule has 1 heterocycles. The van der Waals surface area contributed by atoms with E-state index in [9.17, 15) is 4.79 Å². The molecule has 1 saturated carbocycles. The number of halogens is 1. The summed E-state index contributed by atoms with van der Waals surface area (Å²) >= 11 is 7.88. The van der Waals surface area contributed by atoms with E-state index in [0.29, 0.717) is 11.3 Å². The third kappa shape index (κ3) is 2.92. The van der Waals surface area contributed by atoms with E-state index < -0.39 is 0 Å². The summed E-state index contributed by atoms with van der Waals surface area (Å²) in [6.45, 7) is 0.783. The third-order valence-electron chi connectivity index (χ3n) is 4.06. The van der Waals surface area contributed by atoms with E-state index >= 15 is 0 Å². The van der Waals surface area contributed by atoms with Crippen molar-refractivity contribution in [3.63, 3.8) is 0 Å². The standard InChI is InChI=1S/C15H18ClNOS/c16-11-6-5-10(7-11)8-17-15(18)13-9-19-14-4-2-1-3-12(13)14/h1-4,10-11,13H,5-9H2,(H,17,18). The first-order chi connectivity index (χ1) is 9.24. The Morgan fingerprint density at radius 3 is 3.00 bits per heavy atom. The average Bonchev–Trinajstić information content (AvgIpc) is 3.02. The highest BCUT2D eigenvalue weighted by atomic mass is 35.5. The van der Waals surface area contributed by atoms with Gasteiger partial charge in [0.05, 0.1) is 5.92 Å². The lowest BCUT2D eigenvalue weighted by atomic mass is 10.00. The second-order valence-electron chi connectivity index (χ2n) is 5.42. The molecule has 0 aromatic heterocycles. The van der Waals surface area contributed by atoms with Gasteiger partial charge in [0, 0.05) is 22.6 Å². The maximum Gasteiger partial charge on any atom is 0.228 e. The van der Waals surface area contributed by atoms with Crippen LogP contribution in [0.25, 0.3) is 0 Å². The zero-order chi connectivity index (χ0) is 13.2. The molecule has 0 bridgehead atoms. The van der Waals surface area contributed by atoms with Gasteiger partial charge < -0.3 is 5.32 Å². The van der Waals surface area contributed by atoms with Crippen LogP contribution in [-0.4, -0.2) is 23.6 Å². The van der Waals surface area contributed by atoms with Crippen molar-refractivity contribution >= 4 is 29.3 Å². The fourth-order valence-corrected chi connectivity index (χ4v) is 4.55. The molecular formula is C15H18ClNOS. The van der Waals surface area contributed by atoms with Crippen molar-refractivity contribution in [3.8, 4) is 0 Å². The van der Waals surface area contributed by atoms with E-state index in [1.165, 1.54) is 10.5 Å². The summed E-state index contributed by atoms with van der Waals surface area (Å²) in [4.78, 5) is 13.5. The Morgan fingerprint density at radius 2 is 2.21 bits per heavy atom. The number of carbonyl (C=O) groups is 1. The normalized spacial score (nSPS) is 29.2. The molecule has 1 aromatic rings. The summed E-state index contributed by atoms with van der Waals surface area (Å²) in [5, 5.41) is 3.43. The zero-order valence-electron chi connectivity index (χ0n) is 10.8. The van der Waals surface area contributed by atoms with Gasteiger partial charge in [-0.25, -0.2) is 0 Å². The van der Waals surface area contributed by atoms with Crippen LogP contribution in [0, 0.1) is 5.92 Å². The van der Waals surface area contributed by atoms with Crippen LogP contribution in [-0.2, 0) is 4.79 Å². The van der Waals surface area contributed by atoms with Crippen molar-refractivity contribution in [3.05, 3.63) is 29.8 Å². The fraction of sp³-hybridized carbons (Fsp3) is 0.533. The van der Waals surface area contributed by atoms with Crippen molar-refractivity contribution in [1.82, 2.24) is 5.32 Å². The average molecular weight is 296 g/mol. The van der Waals surface area contributed by atoms with Crippen LogP contribution in [0.15, 0.2) is 29.2 Å². The molecule has 1 N–H and O–H groups in total.